The van der Waals surface area contributed by atoms with Gasteiger partial charge in [0.1, 0.15) is 18.1 Å². The quantitative estimate of drug-likeness (QED) is 0.142. The molecule has 41 heavy (non-hydrogen) atoms. The Morgan fingerprint density at radius 1 is 0.805 bits per heavy atom. The van der Waals surface area contributed by atoms with Gasteiger partial charge < -0.3 is 24.2 Å². The number of aliphatic hydroxyl groups excluding tert-OH is 1. The van der Waals surface area contributed by atoms with Gasteiger partial charge in [0, 0.05) is 12.1 Å². The smallest absolute Gasteiger partial charge is 0.295 e. The summed E-state index contributed by atoms with van der Waals surface area (Å²) in [7, 11) is 1.54. The molecule has 4 aromatic rings. The molecule has 7 nitrogen and oxygen atoms in total. The second kappa shape index (κ2) is 12.4. The van der Waals surface area contributed by atoms with Gasteiger partial charge in [-0.05, 0) is 60.0 Å². The molecule has 1 atom stereocenters. The van der Waals surface area contributed by atoms with E-state index in [1.807, 2.05) is 67.6 Å². The van der Waals surface area contributed by atoms with Crippen molar-refractivity contribution in [1.29, 1.82) is 0 Å². The van der Waals surface area contributed by atoms with Crippen molar-refractivity contribution in [3.63, 3.8) is 0 Å². The zero-order valence-electron chi connectivity index (χ0n) is 22.9. The number of hydrogen-bond donors (Lipinski definition) is 1. The number of ether oxygens (including phenoxy) is 3. The lowest BCUT2D eigenvalue weighted by Gasteiger charge is -2.26. The normalized spacial score (nSPS) is 16.0. The van der Waals surface area contributed by atoms with Crippen LogP contribution in [0.5, 0.6) is 17.2 Å². The van der Waals surface area contributed by atoms with Crippen molar-refractivity contribution in [2.45, 2.75) is 26.1 Å². The number of benzene rings is 4. The number of likely N-dealkylation sites (tertiary alicyclic amines) is 1. The number of aliphatic hydroxyl groups is 1. The van der Waals surface area contributed by atoms with Crippen LogP contribution in [-0.2, 0) is 22.7 Å². The van der Waals surface area contributed by atoms with Crippen molar-refractivity contribution < 1.29 is 28.9 Å². The Bertz CT molecular complexity index is 1550. The minimum atomic E-state index is -0.848. The van der Waals surface area contributed by atoms with Crippen LogP contribution in [0.4, 0.5) is 0 Å². The molecule has 0 radical (unpaired) electrons. The average molecular weight is 550 g/mol. The Hall–Kier alpha value is -5.04. The van der Waals surface area contributed by atoms with Gasteiger partial charge in [0.25, 0.3) is 11.7 Å². The first-order chi connectivity index (χ1) is 20.0. The standard InChI is InChI=1S/C34H31NO6/c1-3-40-27-17-14-25(15-18-27)32(36)30-31(35(34(38)33(30)37)21-23-10-6-4-7-11-23)26-16-19-28(29(20-26)39-2)41-22-24-12-8-5-9-13-24/h4-20,31,36H,3,21-22H2,1-2H3/b32-30+. The van der Waals surface area contributed by atoms with Crippen molar-refractivity contribution in [2.75, 3.05) is 13.7 Å². The van der Waals surface area contributed by atoms with E-state index >= 15 is 0 Å². The second-order valence-electron chi connectivity index (χ2n) is 9.55. The summed E-state index contributed by atoms with van der Waals surface area (Å²) in [6.45, 7) is 2.92. The highest BCUT2D eigenvalue weighted by Crippen LogP contribution is 2.43. The highest BCUT2D eigenvalue weighted by molar-refractivity contribution is 6.46. The molecular weight excluding hydrogens is 518 g/mol. The lowest BCUT2D eigenvalue weighted by molar-refractivity contribution is -0.140. The van der Waals surface area contributed by atoms with Gasteiger partial charge in [-0.1, -0.05) is 66.7 Å². The van der Waals surface area contributed by atoms with Crippen LogP contribution < -0.4 is 14.2 Å². The molecule has 208 valence electrons. The van der Waals surface area contributed by atoms with E-state index in [1.165, 1.54) is 12.0 Å². The van der Waals surface area contributed by atoms with E-state index in [0.717, 1.165) is 11.1 Å². The maximum Gasteiger partial charge on any atom is 0.295 e. The molecule has 1 saturated heterocycles. The molecule has 4 aromatic carbocycles. The molecule has 0 saturated carbocycles. The van der Waals surface area contributed by atoms with E-state index in [2.05, 4.69) is 0 Å². The molecule has 0 aromatic heterocycles. The van der Waals surface area contributed by atoms with Crippen LogP contribution in [0, 0.1) is 0 Å². The lowest BCUT2D eigenvalue weighted by atomic mass is 9.94. The largest absolute Gasteiger partial charge is 0.507 e. The van der Waals surface area contributed by atoms with Crippen molar-refractivity contribution >= 4 is 17.4 Å². The molecule has 1 aliphatic rings. The monoisotopic (exact) mass is 549 g/mol. The molecule has 7 heteroatoms. The van der Waals surface area contributed by atoms with Gasteiger partial charge in [-0.25, -0.2) is 0 Å². The molecule has 1 aliphatic heterocycles. The molecule has 1 heterocycles. The van der Waals surface area contributed by atoms with Gasteiger partial charge in [-0.15, -0.1) is 0 Å². The summed E-state index contributed by atoms with van der Waals surface area (Å²) in [5.74, 6) is -0.0805. The summed E-state index contributed by atoms with van der Waals surface area (Å²) >= 11 is 0. The first-order valence-electron chi connectivity index (χ1n) is 13.4. The van der Waals surface area contributed by atoms with E-state index in [-0.39, 0.29) is 17.9 Å². The van der Waals surface area contributed by atoms with Gasteiger partial charge in [0.2, 0.25) is 0 Å². The Labute approximate surface area is 239 Å². The molecular formula is C34H31NO6. The summed E-state index contributed by atoms with van der Waals surface area (Å²) in [5, 5.41) is 11.4. The first kappa shape index (κ1) is 27.5. The van der Waals surface area contributed by atoms with Gasteiger partial charge in [0.15, 0.2) is 11.5 Å². The van der Waals surface area contributed by atoms with E-state index in [4.69, 9.17) is 14.2 Å². The third kappa shape index (κ3) is 5.94. The number of carbonyl (C=O) groups is 2. The Kier molecular flexibility index (Phi) is 8.34. The van der Waals surface area contributed by atoms with Gasteiger partial charge >= 0.3 is 0 Å². The molecule has 1 amide bonds. The molecule has 1 unspecified atom stereocenters. The fourth-order valence-electron chi connectivity index (χ4n) is 4.91. The van der Waals surface area contributed by atoms with E-state index in [9.17, 15) is 14.7 Å². The van der Waals surface area contributed by atoms with Crippen molar-refractivity contribution in [3.05, 3.63) is 131 Å². The lowest BCUT2D eigenvalue weighted by Crippen LogP contribution is -2.29. The summed E-state index contributed by atoms with van der Waals surface area (Å²) in [4.78, 5) is 28.4. The number of hydrogen-bond acceptors (Lipinski definition) is 6. The number of Topliss-reactive ketones (excluding diaryl/α,β-unsaturated/α-hetero) is 1. The maximum absolute atomic E-state index is 13.5. The third-order valence-corrected chi connectivity index (χ3v) is 6.92. The fraction of sp³-hybridized carbons (Fsp3) is 0.176. The van der Waals surface area contributed by atoms with Gasteiger partial charge in [-0.3, -0.25) is 9.59 Å². The second-order valence-corrected chi connectivity index (χ2v) is 9.55. The molecule has 0 spiro atoms. The highest BCUT2D eigenvalue weighted by Gasteiger charge is 2.46. The van der Waals surface area contributed by atoms with E-state index in [0.29, 0.717) is 41.6 Å². The molecule has 1 fully saturated rings. The number of nitrogens with zero attached hydrogens (tertiary/aromatic N) is 1. The summed E-state index contributed by atoms with van der Waals surface area (Å²) in [5.41, 5.74) is 2.89. The SMILES string of the molecule is CCOc1ccc(/C(O)=C2\C(=O)C(=O)N(Cc3ccccc3)C2c2ccc(OCc3ccccc3)c(OC)c2)cc1. The van der Waals surface area contributed by atoms with Crippen molar-refractivity contribution in [3.8, 4) is 17.2 Å². The van der Waals surface area contributed by atoms with Crippen LogP contribution in [-0.4, -0.2) is 35.4 Å². The van der Waals surface area contributed by atoms with Crippen LogP contribution in [0.2, 0.25) is 0 Å². The Morgan fingerprint density at radius 3 is 2.10 bits per heavy atom. The molecule has 1 N–H and O–H groups in total. The van der Waals surface area contributed by atoms with Crippen LogP contribution >= 0.6 is 0 Å². The third-order valence-electron chi connectivity index (χ3n) is 6.92. The van der Waals surface area contributed by atoms with Crippen LogP contribution in [0.25, 0.3) is 5.76 Å². The number of methoxy groups -OCH3 is 1. The number of amides is 1. The zero-order chi connectivity index (χ0) is 28.8. The van der Waals surface area contributed by atoms with Crippen LogP contribution in [0.15, 0.2) is 109 Å². The fourth-order valence-corrected chi connectivity index (χ4v) is 4.91. The molecule has 5 rings (SSSR count). The summed E-state index contributed by atoms with van der Waals surface area (Å²) in [6, 6.07) is 30.4. The predicted octanol–water partition coefficient (Wildman–Crippen LogP) is 6.29. The first-order valence-corrected chi connectivity index (χ1v) is 13.4. The van der Waals surface area contributed by atoms with Crippen molar-refractivity contribution in [1.82, 2.24) is 4.90 Å². The van der Waals surface area contributed by atoms with Gasteiger partial charge in [0.05, 0.1) is 25.3 Å². The van der Waals surface area contributed by atoms with Crippen LogP contribution in [0.1, 0.15) is 35.2 Å². The number of ketones is 1. The topological polar surface area (TPSA) is 85.3 Å². The minimum Gasteiger partial charge on any atom is -0.507 e. The summed E-state index contributed by atoms with van der Waals surface area (Å²) < 4.78 is 17.2. The van der Waals surface area contributed by atoms with E-state index in [1.54, 1.807) is 42.5 Å². The molecule has 0 aliphatic carbocycles. The average Bonchev–Trinajstić information content (AvgIpc) is 3.26. The highest BCUT2D eigenvalue weighted by atomic mass is 16.5. The van der Waals surface area contributed by atoms with Crippen molar-refractivity contribution in [2.24, 2.45) is 0 Å². The zero-order valence-corrected chi connectivity index (χ0v) is 22.9. The maximum atomic E-state index is 13.5. The molecule has 0 bridgehead atoms. The Balaban J connectivity index is 1.56. The number of carbonyl (C=O) groups excluding carboxylic acids is 2. The number of rotatable bonds is 10. The minimum absolute atomic E-state index is 0.00935. The van der Waals surface area contributed by atoms with Gasteiger partial charge in [-0.2, -0.15) is 0 Å². The van der Waals surface area contributed by atoms with Crippen LogP contribution in [0.3, 0.4) is 0 Å². The Morgan fingerprint density at radius 2 is 1.46 bits per heavy atom. The summed E-state index contributed by atoms with van der Waals surface area (Å²) in [6.07, 6.45) is 0. The predicted molar refractivity (Wildman–Crippen MR) is 156 cm³/mol. The van der Waals surface area contributed by atoms with E-state index < -0.39 is 17.7 Å².